The van der Waals surface area contributed by atoms with Crippen LogP contribution in [0.25, 0.3) is 0 Å². The van der Waals surface area contributed by atoms with Gasteiger partial charge < -0.3 is 10.5 Å². The van der Waals surface area contributed by atoms with Crippen LogP contribution in [0, 0.1) is 13.8 Å². The van der Waals surface area contributed by atoms with Crippen molar-refractivity contribution in [2.24, 2.45) is 7.05 Å². The van der Waals surface area contributed by atoms with Crippen molar-refractivity contribution in [3.63, 3.8) is 0 Å². The molecule has 1 aromatic carbocycles. The lowest BCUT2D eigenvalue weighted by atomic mass is 9.98. The molecular formula is C14H17N3O2. The van der Waals surface area contributed by atoms with E-state index in [1.165, 1.54) is 10.9 Å². The van der Waals surface area contributed by atoms with Crippen LogP contribution in [0.5, 0.6) is 5.75 Å². The zero-order valence-electron chi connectivity index (χ0n) is 11.5. The molecule has 0 aliphatic heterocycles. The molecule has 5 nitrogen and oxygen atoms in total. The van der Waals surface area contributed by atoms with Crippen LogP contribution in [0.15, 0.2) is 18.3 Å². The Labute approximate surface area is 112 Å². The van der Waals surface area contributed by atoms with Gasteiger partial charge in [0.05, 0.1) is 18.9 Å². The molecule has 0 saturated carbocycles. The molecule has 0 fully saturated rings. The monoisotopic (exact) mass is 259 g/mol. The summed E-state index contributed by atoms with van der Waals surface area (Å²) in [6, 6.07) is 3.68. The molecule has 0 saturated heterocycles. The molecule has 2 aromatic rings. The van der Waals surface area contributed by atoms with Gasteiger partial charge in [-0.25, -0.2) is 0 Å². The molecule has 5 heteroatoms. The normalized spacial score (nSPS) is 10.5. The first-order chi connectivity index (χ1) is 8.95. The number of carbonyl (C=O) groups is 1. The standard InChI is InChI=1S/C14H17N3O2/c1-8-6-12(19-4)9(2)5-10(8)13(18)11-7-16-17(3)14(11)15/h5-7H,15H2,1-4H3. The van der Waals surface area contributed by atoms with Crippen molar-refractivity contribution < 1.29 is 9.53 Å². The highest BCUT2D eigenvalue weighted by Gasteiger charge is 2.18. The first kappa shape index (κ1) is 13.1. The molecule has 1 heterocycles. The molecule has 0 radical (unpaired) electrons. The zero-order valence-corrected chi connectivity index (χ0v) is 11.5. The Kier molecular flexibility index (Phi) is 3.29. The van der Waals surface area contributed by atoms with Crippen molar-refractivity contribution >= 4 is 11.6 Å². The summed E-state index contributed by atoms with van der Waals surface area (Å²) in [5, 5.41) is 3.99. The van der Waals surface area contributed by atoms with E-state index in [0.29, 0.717) is 16.9 Å². The van der Waals surface area contributed by atoms with Crippen molar-refractivity contribution in [3.8, 4) is 5.75 Å². The molecule has 0 unspecified atom stereocenters. The third kappa shape index (κ3) is 2.19. The molecule has 0 spiro atoms. The Hall–Kier alpha value is -2.30. The molecule has 2 N–H and O–H groups in total. The van der Waals surface area contributed by atoms with Gasteiger partial charge in [0.1, 0.15) is 11.6 Å². The van der Waals surface area contributed by atoms with Crippen LogP contribution >= 0.6 is 0 Å². The average Bonchev–Trinajstić information content (AvgIpc) is 2.71. The highest BCUT2D eigenvalue weighted by Crippen LogP contribution is 2.25. The number of nitrogens with zero attached hydrogens (tertiary/aromatic N) is 2. The fraction of sp³-hybridized carbons (Fsp3) is 0.286. The van der Waals surface area contributed by atoms with E-state index in [1.807, 2.05) is 26.0 Å². The predicted molar refractivity (Wildman–Crippen MR) is 73.5 cm³/mol. The topological polar surface area (TPSA) is 70.1 Å². The van der Waals surface area contributed by atoms with Crippen LogP contribution in [0.3, 0.4) is 0 Å². The minimum atomic E-state index is -0.117. The van der Waals surface area contributed by atoms with Gasteiger partial charge in [0.25, 0.3) is 0 Å². The van der Waals surface area contributed by atoms with E-state index in [-0.39, 0.29) is 5.78 Å². The van der Waals surface area contributed by atoms with Gasteiger partial charge in [-0.2, -0.15) is 5.10 Å². The van der Waals surface area contributed by atoms with Crippen LogP contribution in [0.1, 0.15) is 27.0 Å². The number of rotatable bonds is 3. The Balaban J connectivity index is 2.51. The number of aryl methyl sites for hydroxylation is 3. The minimum Gasteiger partial charge on any atom is -0.496 e. The first-order valence-electron chi connectivity index (χ1n) is 5.93. The quantitative estimate of drug-likeness (QED) is 0.854. The summed E-state index contributed by atoms with van der Waals surface area (Å²) in [5.41, 5.74) is 8.66. The van der Waals surface area contributed by atoms with Gasteiger partial charge in [0, 0.05) is 12.6 Å². The number of methoxy groups -OCH3 is 1. The van der Waals surface area contributed by atoms with Gasteiger partial charge in [-0.15, -0.1) is 0 Å². The van der Waals surface area contributed by atoms with Crippen molar-refractivity contribution in [2.45, 2.75) is 13.8 Å². The smallest absolute Gasteiger partial charge is 0.198 e. The van der Waals surface area contributed by atoms with Gasteiger partial charge in [-0.05, 0) is 37.1 Å². The molecular weight excluding hydrogens is 242 g/mol. The Morgan fingerprint density at radius 2 is 1.95 bits per heavy atom. The van der Waals surface area contributed by atoms with Crippen LogP contribution in [-0.4, -0.2) is 22.7 Å². The highest BCUT2D eigenvalue weighted by atomic mass is 16.5. The molecule has 1 aromatic heterocycles. The molecule has 0 atom stereocenters. The lowest BCUT2D eigenvalue weighted by molar-refractivity contribution is 0.103. The van der Waals surface area contributed by atoms with E-state index < -0.39 is 0 Å². The van der Waals surface area contributed by atoms with Crippen molar-refractivity contribution in [1.29, 1.82) is 0 Å². The summed E-state index contributed by atoms with van der Waals surface area (Å²) in [6.45, 7) is 3.78. The lowest BCUT2D eigenvalue weighted by Gasteiger charge is -2.10. The van der Waals surface area contributed by atoms with E-state index in [4.69, 9.17) is 10.5 Å². The van der Waals surface area contributed by atoms with E-state index in [9.17, 15) is 4.79 Å². The maximum Gasteiger partial charge on any atom is 0.198 e. The summed E-state index contributed by atoms with van der Waals surface area (Å²) in [4.78, 5) is 12.5. The predicted octanol–water partition coefficient (Wildman–Crippen LogP) is 1.86. The zero-order chi connectivity index (χ0) is 14.2. The summed E-state index contributed by atoms with van der Waals surface area (Å²) in [7, 11) is 3.32. The number of hydrogen-bond donors (Lipinski definition) is 1. The SMILES string of the molecule is COc1cc(C)c(C(=O)c2cnn(C)c2N)cc1C. The van der Waals surface area contributed by atoms with E-state index >= 15 is 0 Å². The van der Waals surface area contributed by atoms with E-state index in [0.717, 1.165) is 16.9 Å². The third-order valence-electron chi connectivity index (χ3n) is 3.22. The molecule has 0 aliphatic rings. The number of anilines is 1. The van der Waals surface area contributed by atoms with Gasteiger partial charge >= 0.3 is 0 Å². The molecule has 100 valence electrons. The minimum absolute atomic E-state index is 0.117. The van der Waals surface area contributed by atoms with Gasteiger partial charge in [0.15, 0.2) is 5.78 Å². The summed E-state index contributed by atoms with van der Waals surface area (Å²) < 4.78 is 6.73. The number of ketones is 1. The fourth-order valence-corrected chi connectivity index (χ4v) is 2.02. The van der Waals surface area contributed by atoms with Crippen molar-refractivity contribution in [3.05, 3.63) is 40.6 Å². The average molecular weight is 259 g/mol. The number of hydrogen-bond acceptors (Lipinski definition) is 4. The third-order valence-corrected chi connectivity index (χ3v) is 3.22. The van der Waals surface area contributed by atoms with E-state index in [1.54, 1.807) is 14.2 Å². The van der Waals surface area contributed by atoms with Crippen molar-refractivity contribution in [1.82, 2.24) is 9.78 Å². The molecule has 19 heavy (non-hydrogen) atoms. The second kappa shape index (κ2) is 4.76. The number of nitrogens with two attached hydrogens (primary N) is 1. The molecule has 0 amide bonds. The summed E-state index contributed by atoms with van der Waals surface area (Å²) in [6.07, 6.45) is 1.50. The molecule has 0 bridgehead atoms. The second-order valence-electron chi connectivity index (χ2n) is 4.53. The van der Waals surface area contributed by atoms with Gasteiger partial charge in [-0.1, -0.05) is 0 Å². The summed E-state index contributed by atoms with van der Waals surface area (Å²) in [5.74, 6) is 1.03. The maximum atomic E-state index is 12.5. The number of carbonyl (C=O) groups excluding carboxylic acids is 1. The number of nitrogen functional groups attached to an aromatic ring is 1. The van der Waals surface area contributed by atoms with Crippen LogP contribution in [0.2, 0.25) is 0 Å². The Morgan fingerprint density at radius 3 is 2.47 bits per heavy atom. The van der Waals surface area contributed by atoms with Gasteiger partial charge in [0.2, 0.25) is 0 Å². The highest BCUT2D eigenvalue weighted by molar-refractivity contribution is 6.12. The number of benzene rings is 1. The molecule has 0 aliphatic carbocycles. The lowest BCUT2D eigenvalue weighted by Crippen LogP contribution is -2.08. The fourth-order valence-electron chi connectivity index (χ4n) is 2.02. The Morgan fingerprint density at radius 1 is 1.26 bits per heavy atom. The molecule has 2 rings (SSSR count). The van der Waals surface area contributed by atoms with Crippen LogP contribution in [0.4, 0.5) is 5.82 Å². The summed E-state index contributed by atoms with van der Waals surface area (Å²) >= 11 is 0. The number of ether oxygens (including phenoxy) is 1. The van der Waals surface area contributed by atoms with E-state index in [2.05, 4.69) is 5.10 Å². The maximum absolute atomic E-state index is 12.5. The largest absolute Gasteiger partial charge is 0.496 e. The van der Waals surface area contributed by atoms with Crippen molar-refractivity contribution in [2.75, 3.05) is 12.8 Å². The second-order valence-corrected chi connectivity index (χ2v) is 4.53. The van der Waals surface area contributed by atoms with Gasteiger partial charge in [-0.3, -0.25) is 9.48 Å². The number of aromatic nitrogens is 2. The first-order valence-corrected chi connectivity index (χ1v) is 5.93. The van der Waals surface area contributed by atoms with Crippen LogP contribution < -0.4 is 10.5 Å². The van der Waals surface area contributed by atoms with Crippen LogP contribution in [-0.2, 0) is 7.05 Å². The Bertz CT molecular complexity index is 644.